The van der Waals surface area contributed by atoms with Crippen molar-refractivity contribution in [1.29, 1.82) is 0 Å². The van der Waals surface area contributed by atoms with Crippen molar-refractivity contribution < 1.29 is 14.3 Å². The van der Waals surface area contributed by atoms with Gasteiger partial charge in [-0.25, -0.2) is 0 Å². The predicted molar refractivity (Wildman–Crippen MR) is 93.4 cm³/mol. The van der Waals surface area contributed by atoms with Crippen LogP contribution in [0, 0.1) is 6.92 Å². The fraction of sp³-hybridized carbons (Fsp3) is 0.471. The zero-order valence-corrected chi connectivity index (χ0v) is 15.0. The first-order chi connectivity index (χ1) is 11.2. The number of carbonyl (C=O) groups is 1. The van der Waals surface area contributed by atoms with E-state index in [4.69, 9.17) is 9.47 Å². The Bertz CT molecular complexity index is 707. The quantitative estimate of drug-likeness (QED) is 0.743. The Kier molecular flexibility index (Phi) is 4.92. The molecule has 1 aliphatic heterocycles. The molecule has 1 fully saturated rings. The Morgan fingerprint density at radius 2 is 2.17 bits per heavy atom. The van der Waals surface area contributed by atoms with Crippen LogP contribution >= 0.6 is 15.9 Å². The summed E-state index contributed by atoms with van der Waals surface area (Å²) >= 11 is 3.54. The van der Waals surface area contributed by atoms with Gasteiger partial charge < -0.3 is 18.8 Å². The van der Waals surface area contributed by atoms with E-state index >= 15 is 0 Å². The smallest absolute Gasteiger partial charge is 0.298 e. The van der Waals surface area contributed by atoms with E-state index in [-0.39, 0.29) is 0 Å². The summed E-state index contributed by atoms with van der Waals surface area (Å²) in [7, 11) is 0. The van der Waals surface area contributed by atoms with Crippen LogP contribution in [-0.4, -0.2) is 36.7 Å². The number of halogens is 1. The van der Waals surface area contributed by atoms with Gasteiger partial charge in [-0.05, 0) is 48.7 Å². The summed E-state index contributed by atoms with van der Waals surface area (Å²) < 4.78 is 13.9. The van der Waals surface area contributed by atoms with E-state index in [0.29, 0.717) is 18.3 Å². The van der Waals surface area contributed by atoms with Crippen LogP contribution in [0.15, 0.2) is 22.8 Å². The van der Waals surface area contributed by atoms with Crippen molar-refractivity contribution in [3.63, 3.8) is 0 Å². The first-order valence-electron chi connectivity index (χ1n) is 7.91. The van der Waals surface area contributed by atoms with Gasteiger partial charge in [0.25, 0.3) is 6.47 Å². The number of rotatable bonds is 5. The van der Waals surface area contributed by atoms with Crippen LogP contribution < -0.4 is 9.64 Å². The summed E-state index contributed by atoms with van der Waals surface area (Å²) in [5.74, 6) is 1.69. The Labute approximate surface area is 144 Å². The SMILES string of the molecule is CCN(c1c(C)c(OC=O)cc2cc(Br)cn12)C1CCOCC1. The molecule has 3 heterocycles. The number of carbonyl (C=O) groups excluding carboxylic acids is 1. The Balaban J connectivity index is 2.15. The molecule has 23 heavy (non-hydrogen) atoms. The minimum absolute atomic E-state index is 0.434. The minimum Gasteiger partial charge on any atom is -0.428 e. The monoisotopic (exact) mass is 380 g/mol. The topological polar surface area (TPSA) is 43.2 Å². The van der Waals surface area contributed by atoms with E-state index in [1.807, 2.05) is 19.1 Å². The summed E-state index contributed by atoms with van der Waals surface area (Å²) in [6.45, 7) is 7.13. The number of ether oxygens (including phenoxy) is 2. The van der Waals surface area contributed by atoms with Gasteiger partial charge in [0.05, 0.1) is 5.52 Å². The lowest BCUT2D eigenvalue weighted by Crippen LogP contribution is -2.40. The molecule has 6 heteroatoms. The van der Waals surface area contributed by atoms with Crippen LogP contribution in [0.5, 0.6) is 5.75 Å². The molecule has 0 spiro atoms. The van der Waals surface area contributed by atoms with Crippen LogP contribution in [0.2, 0.25) is 0 Å². The lowest BCUT2D eigenvalue weighted by molar-refractivity contribution is -0.120. The molecule has 3 rings (SSSR count). The molecule has 0 atom stereocenters. The van der Waals surface area contributed by atoms with E-state index in [2.05, 4.69) is 38.4 Å². The number of fused-ring (bicyclic) bond motifs is 1. The zero-order valence-electron chi connectivity index (χ0n) is 13.4. The number of hydrogen-bond acceptors (Lipinski definition) is 4. The molecule has 124 valence electrons. The standard InChI is InChI=1S/C17H21BrN2O3/c1-3-19(14-4-6-22-7-5-14)17-12(2)16(23-11-21)9-15-8-13(18)10-20(15)17/h8-11,14H,3-7H2,1-2H3. The molecule has 0 saturated carbocycles. The summed E-state index contributed by atoms with van der Waals surface area (Å²) in [6.07, 6.45) is 4.08. The second-order valence-corrected chi connectivity index (χ2v) is 6.67. The fourth-order valence-corrected chi connectivity index (χ4v) is 3.82. The second kappa shape index (κ2) is 6.93. The van der Waals surface area contributed by atoms with E-state index < -0.39 is 0 Å². The number of aromatic nitrogens is 1. The molecular formula is C17H21BrN2O3. The van der Waals surface area contributed by atoms with E-state index in [0.717, 1.165) is 54.0 Å². The van der Waals surface area contributed by atoms with Crippen molar-refractivity contribution >= 4 is 33.7 Å². The molecule has 0 aromatic carbocycles. The highest BCUT2D eigenvalue weighted by Gasteiger charge is 2.25. The average Bonchev–Trinajstić information content (AvgIpc) is 2.92. The number of nitrogens with zero attached hydrogens (tertiary/aromatic N) is 2. The fourth-order valence-electron chi connectivity index (χ4n) is 3.38. The maximum Gasteiger partial charge on any atom is 0.298 e. The molecular weight excluding hydrogens is 360 g/mol. The molecule has 0 unspecified atom stereocenters. The number of hydrogen-bond donors (Lipinski definition) is 0. The molecule has 5 nitrogen and oxygen atoms in total. The zero-order chi connectivity index (χ0) is 16.4. The summed E-state index contributed by atoms with van der Waals surface area (Å²) in [6, 6.07) is 4.36. The third-order valence-corrected chi connectivity index (χ3v) is 4.88. The van der Waals surface area contributed by atoms with Crippen LogP contribution in [0.3, 0.4) is 0 Å². The first-order valence-corrected chi connectivity index (χ1v) is 8.71. The maximum absolute atomic E-state index is 10.9. The molecule has 0 radical (unpaired) electrons. The minimum atomic E-state index is 0.434. The number of pyridine rings is 1. The third-order valence-electron chi connectivity index (χ3n) is 4.45. The van der Waals surface area contributed by atoms with E-state index in [9.17, 15) is 4.79 Å². The van der Waals surface area contributed by atoms with Gasteiger partial charge >= 0.3 is 0 Å². The predicted octanol–water partition coefficient (Wildman–Crippen LogP) is 3.55. The van der Waals surface area contributed by atoms with Crippen molar-refractivity contribution in [2.24, 2.45) is 0 Å². The van der Waals surface area contributed by atoms with Crippen molar-refractivity contribution in [2.45, 2.75) is 32.7 Å². The highest BCUT2D eigenvalue weighted by Crippen LogP contribution is 2.35. The number of anilines is 1. The van der Waals surface area contributed by atoms with Gasteiger partial charge in [-0.2, -0.15) is 0 Å². The second-order valence-electron chi connectivity index (χ2n) is 5.75. The molecule has 1 saturated heterocycles. The highest BCUT2D eigenvalue weighted by molar-refractivity contribution is 9.10. The van der Waals surface area contributed by atoms with Crippen molar-refractivity contribution in [3.05, 3.63) is 28.4 Å². The van der Waals surface area contributed by atoms with Crippen LogP contribution in [-0.2, 0) is 9.53 Å². The van der Waals surface area contributed by atoms with Crippen molar-refractivity contribution in [3.8, 4) is 5.75 Å². The molecule has 1 aliphatic rings. The summed E-state index contributed by atoms with van der Waals surface area (Å²) in [5, 5.41) is 0. The van der Waals surface area contributed by atoms with Gasteiger partial charge in [-0.1, -0.05) is 0 Å². The van der Waals surface area contributed by atoms with E-state index in [1.54, 1.807) is 0 Å². The summed E-state index contributed by atoms with van der Waals surface area (Å²) in [4.78, 5) is 13.2. The van der Waals surface area contributed by atoms with Crippen LogP contribution in [0.1, 0.15) is 25.3 Å². The lowest BCUT2D eigenvalue weighted by atomic mass is 10.1. The van der Waals surface area contributed by atoms with E-state index in [1.165, 1.54) is 0 Å². The summed E-state index contributed by atoms with van der Waals surface area (Å²) in [5.41, 5.74) is 1.97. The van der Waals surface area contributed by atoms with Gasteiger partial charge in [-0.3, -0.25) is 4.79 Å². The Morgan fingerprint density at radius 1 is 1.43 bits per heavy atom. The van der Waals surface area contributed by atoms with Gasteiger partial charge in [0, 0.05) is 48.1 Å². The lowest BCUT2D eigenvalue weighted by Gasteiger charge is -2.36. The van der Waals surface area contributed by atoms with Gasteiger partial charge in [0.1, 0.15) is 11.6 Å². The molecule has 0 bridgehead atoms. The van der Waals surface area contributed by atoms with Crippen molar-refractivity contribution in [1.82, 2.24) is 4.40 Å². The van der Waals surface area contributed by atoms with Gasteiger partial charge in [-0.15, -0.1) is 0 Å². The first kappa shape index (κ1) is 16.3. The molecule has 2 aromatic rings. The maximum atomic E-state index is 10.9. The normalized spacial score (nSPS) is 15.8. The van der Waals surface area contributed by atoms with Crippen LogP contribution in [0.4, 0.5) is 5.82 Å². The molecule has 2 aromatic heterocycles. The van der Waals surface area contributed by atoms with Gasteiger partial charge in [0.2, 0.25) is 0 Å². The molecule has 0 N–H and O–H groups in total. The Morgan fingerprint density at radius 3 is 2.83 bits per heavy atom. The van der Waals surface area contributed by atoms with Crippen LogP contribution in [0.25, 0.3) is 5.52 Å². The highest BCUT2D eigenvalue weighted by atomic mass is 79.9. The third kappa shape index (κ3) is 3.10. The average molecular weight is 381 g/mol. The van der Waals surface area contributed by atoms with Crippen molar-refractivity contribution in [2.75, 3.05) is 24.7 Å². The Hall–Kier alpha value is -1.53. The molecule has 0 amide bonds. The van der Waals surface area contributed by atoms with Gasteiger partial charge in [0.15, 0.2) is 0 Å². The largest absolute Gasteiger partial charge is 0.428 e. The molecule has 0 aliphatic carbocycles.